The molecule has 3 aromatic carbocycles. The van der Waals surface area contributed by atoms with Gasteiger partial charge in [0.05, 0.1) is 10.6 Å². The van der Waals surface area contributed by atoms with Crippen LogP contribution in [0.25, 0.3) is 0 Å². The number of nitrogens with one attached hydrogen (secondary N) is 1. The van der Waals surface area contributed by atoms with Crippen molar-refractivity contribution in [3.63, 3.8) is 0 Å². The van der Waals surface area contributed by atoms with Gasteiger partial charge in [0.15, 0.2) is 0 Å². The van der Waals surface area contributed by atoms with Crippen molar-refractivity contribution in [3.8, 4) is 0 Å². The molecule has 1 aliphatic rings. The molecule has 1 fully saturated rings. The Morgan fingerprint density at radius 3 is 2.14 bits per heavy atom. The first-order valence-corrected chi connectivity index (χ1v) is 16.8. The average molecular weight is 665 g/mol. The van der Waals surface area contributed by atoms with Gasteiger partial charge < -0.3 is 10.2 Å². The lowest BCUT2D eigenvalue weighted by Crippen LogP contribution is -2.53. The number of carbonyl (C=O) groups is 2. The molecule has 0 saturated heterocycles. The van der Waals surface area contributed by atoms with Gasteiger partial charge in [-0.3, -0.25) is 13.9 Å². The molecule has 0 heterocycles. The monoisotopic (exact) mass is 663 g/mol. The van der Waals surface area contributed by atoms with E-state index in [9.17, 15) is 18.0 Å². The molecular weight excluding hydrogens is 629 g/mol. The normalized spacial score (nSPS) is 14.7. The van der Waals surface area contributed by atoms with Crippen molar-refractivity contribution in [3.05, 3.63) is 92.4 Å². The van der Waals surface area contributed by atoms with Gasteiger partial charge in [0, 0.05) is 33.2 Å². The van der Waals surface area contributed by atoms with Crippen LogP contribution >= 0.6 is 34.8 Å². The number of halogens is 3. The molecule has 11 heteroatoms. The second-order valence-electron chi connectivity index (χ2n) is 11.0. The third-order valence-corrected chi connectivity index (χ3v) is 10.7. The van der Waals surface area contributed by atoms with Crippen LogP contribution in [0, 0.1) is 13.8 Å². The predicted octanol–water partition coefficient (Wildman–Crippen LogP) is 7.33. The molecule has 230 valence electrons. The van der Waals surface area contributed by atoms with Crippen LogP contribution in [-0.4, -0.2) is 43.8 Å². The number of hydrogen-bond acceptors (Lipinski definition) is 4. The number of nitrogens with zero attached hydrogens (tertiary/aromatic N) is 2. The van der Waals surface area contributed by atoms with Gasteiger partial charge in [0.2, 0.25) is 11.8 Å². The van der Waals surface area contributed by atoms with Crippen LogP contribution in [0.15, 0.2) is 65.6 Å². The summed E-state index contributed by atoms with van der Waals surface area (Å²) >= 11 is 19.3. The summed E-state index contributed by atoms with van der Waals surface area (Å²) in [6, 6.07) is 15.3. The summed E-state index contributed by atoms with van der Waals surface area (Å²) in [5, 5.41) is 4.10. The number of benzene rings is 3. The number of amides is 2. The van der Waals surface area contributed by atoms with E-state index in [0.717, 1.165) is 47.5 Å². The molecule has 0 aliphatic heterocycles. The predicted molar refractivity (Wildman–Crippen MR) is 173 cm³/mol. The van der Waals surface area contributed by atoms with Crippen LogP contribution in [0.1, 0.15) is 55.7 Å². The second kappa shape index (κ2) is 14.3. The highest BCUT2D eigenvalue weighted by Crippen LogP contribution is 2.30. The van der Waals surface area contributed by atoms with E-state index in [1.54, 1.807) is 56.3 Å². The lowest BCUT2D eigenvalue weighted by atomic mass is 9.95. The molecule has 1 saturated carbocycles. The summed E-state index contributed by atoms with van der Waals surface area (Å²) in [6.07, 6.45) is 4.94. The van der Waals surface area contributed by atoms with Crippen molar-refractivity contribution in [1.29, 1.82) is 0 Å². The van der Waals surface area contributed by atoms with Crippen molar-refractivity contribution in [1.82, 2.24) is 10.2 Å². The van der Waals surface area contributed by atoms with Crippen LogP contribution in [-0.2, 0) is 26.2 Å². The minimum atomic E-state index is -4.21. The highest BCUT2D eigenvalue weighted by atomic mass is 35.5. The quantitative estimate of drug-likeness (QED) is 0.246. The third kappa shape index (κ3) is 8.04. The van der Waals surface area contributed by atoms with Gasteiger partial charge in [-0.25, -0.2) is 8.42 Å². The average Bonchev–Trinajstić information content (AvgIpc) is 2.97. The summed E-state index contributed by atoms with van der Waals surface area (Å²) in [7, 11) is -4.21. The molecule has 0 spiro atoms. The van der Waals surface area contributed by atoms with Gasteiger partial charge in [0.1, 0.15) is 12.6 Å². The number of rotatable bonds is 10. The lowest BCUT2D eigenvalue weighted by Gasteiger charge is -2.33. The number of anilines is 1. The van der Waals surface area contributed by atoms with Crippen molar-refractivity contribution < 1.29 is 18.0 Å². The Balaban J connectivity index is 1.73. The Labute approximate surface area is 269 Å². The van der Waals surface area contributed by atoms with E-state index >= 15 is 0 Å². The van der Waals surface area contributed by atoms with Crippen molar-refractivity contribution in [2.45, 2.75) is 76.4 Å². The van der Waals surface area contributed by atoms with E-state index in [1.807, 2.05) is 6.92 Å². The van der Waals surface area contributed by atoms with Crippen LogP contribution in [0.5, 0.6) is 0 Å². The number of carbonyl (C=O) groups excluding carboxylic acids is 2. The first kappa shape index (κ1) is 33.1. The van der Waals surface area contributed by atoms with Crippen LogP contribution in [0.3, 0.4) is 0 Å². The van der Waals surface area contributed by atoms with E-state index in [1.165, 1.54) is 23.1 Å². The Kier molecular flexibility index (Phi) is 11.0. The van der Waals surface area contributed by atoms with Crippen LogP contribution in [0.2, 0.25) is 15.1 Å². The zero-order valence-electron chi connectivity index (χ0n) is 24.4. The van der Waals surface area contributed by atoms with Crippen LogP contribution in [0.4, 0.5) is 5.69 Å². The fourth-order valence-corrected chi connectivity index (χ4v) is 7.21. The Morgan fingerprint density at radius 1 is 0.907 bits per heavy atom. The standard InChI is InChI=1S/C32H36Cl3N3O4S/c1-21-12-16-26(17-13-21)43(41,42)38(25-15-14-22(2)30(35)18-25)20-31(39)37(19-27-28(33)10-7-11-29(27)34)23(3)32(40)36-24-8-5-4-6-9-24/h7,10-18,23-24H,4-6,8-9,19-20H2,1-3H3,(H,36,40). The molecule has 7 nitrogen and oxygen atoms in total. The molecule has 0 aromatic heterocycles. The van der Waals surface area contributed by atoms with E-state index in [4.69, 9.17) is 34.8 Å². The van der Waals surface area contributed by atoms with Crippen LogP contribution < -0.4 is 9.62 Å². The maximum absolute atomic E-state index is 14.2. The fraction of sp³-hybridized carbons (Fsp3) is 0.375. The minimum absolute atomic E-state index is 0.0198. The van der Waals surface area contributed by atoms with E-state index < -0.39 is 28.5 Å². The van der Waals surface area contributed by atoms with Crippen molar-refractivity contribution in [2.24, 2.45) is 0 Å². The largest absolute Gasteiger partial charge is 0.352 e. The van der Waals surface area contributed by atoms with E-state index in [-0.39, 0.29) is 29.1 Å². The molecule has 2 amide bonds. The highest BCUT2D eigenvalue weighted by molar-refractivity contribution is 7.92. The minimum Gasteiger partial charge on any atom is -0.352 e. The first-order chi connectivity index (χ1) is 20.4. The van der Waals surface area contributed by atoms with Gasteiger partial charge in [0.25, 0.3) is 10.0 Å². The maximum atomic E-state index is 14.2. The SMILES string of the molecule is Cc1ccc(S(=O)(=O)N(CC(=O)N(Cc2c(Cl)cccc2Cl)C(C)C(=O)NC2CCCCC2)c2ccc(C)c(Cl)c2)cc1. The zero-order valence-corrected chi connectivity index (χ0v) is 27.5. The summed E-state index contributed by atoms with van der Waals surface area (Å²) in [5.74, 6) is -0.926. The zero-order chi connectivity index (χ0) is 31.3. The summed E-state index contributed by atoms with van der Waals surface area (Å²) < 4.78 is 29.1. The molecule has 1 atom stereocenters. The summed E-state index contributed by atoms with van der Waals surface area (Å²) in [4.78, 5) is 29.0. The Morgan fingerprint density at radius 2 is 1.53 bits per heavy atom. The van der Waals surface area contributed by atoms with E-state index in [0.29, 0.717) is 20.6 Å². The second-order valence-corrected chi connectivity index (χ2v) is 14.1. The van der Waals surface area contributed by atoms with Gasteiger partial charge in [-0.2, -0.15) is 0 Å². The first-order valence-electron chi connectivity index (χ1n) is 14.3. The Bertz CT molecular complexity index is 1550. The lowest BCUT2D eigenvalue weighted by molar-refractivity contribution is -0.139. The third-order valence-electron chi connectivity index (χ3n) is 7.84. The van der Waals surface area contributed by atoms with E-state index in [2.05, 4.69) is 5.32 Å². The van der Waals surface area contributed by atoms with Crippen molar-refractivity contribution in [2.75, 3.05) is 10.8 Å². The van der Waals surface area contributed by atoms with Gasteiger partial charge in [-0.1, -0.05) is 83.9 Å². The topological polar surface area (TPSA) is 86.8 Å². The summed E-state index contributed by atoms with van der Waals surface area (Å²) in [6.45, 7) is 4.61. The molecule has 0 radical (unpaired) electrons. The fourth-order valence-electron chi connectivity index (χ4n) is 5.11. The van der Waals surface area contributed by atoms with Gasteiger partial charge in [-0.05, 0) is 75.6 Å². The number of hydrogen-bond donors (Lipinski definition) is 1. The van der Waals surface area contributed by atoms with Gasteiger partial charge >= 0.3 is 0 Å². The molecule has 0 bridgehead atoms. The molecule has 3 aromatic rings. The molecule has 1 aliphatic carbocycles. The molecule has 1 unspecified atom stereocenters. The maximum Gasteiger partial charge on any atom is 0.264 e. The molecule has 43 heavy (non-hydrogen) atoms. The molecule has 4 rings (SSSR count). The number of aryl methyl sites for hydroxylation is 2. The Hall–Kier alpha value is -2.78. The number of sulfonamides is 1. The van der Waals surface area contributed by atoms with Gasteiger partial charge in [-0.15, -0.1) is 0 Å². The highest BCUT2D eigenvalue weighted by Gasteiger charge is 2.34. The molecular formula is C32H36Cl3N3O4S. The molecule has 1 N–H and O–H groups in total. The van der Waals surface area contributed by atoms with Crippen molar-refractivity contribution >= 4 is 62.3 Å². The summed E-state index contributed by atoms with van der Waals surface area (Å²) in [5.41, 5.74) is 2.33. The smallest absolute Gasteiger partial charge is 0.264 e.